The second kappa shape index (κ2) is 12.4. The third kappa shape index (κ3) is 6.66. The number of pyridine rings is 1. The van der Waals surface area contributed by atoms with Crippen molar-refractivity contribution in [2.45, 2.75) is 51.1 Å². The summed E-state index contributed by atoms with van der Waals surface area (Å²) in [5.74, 6) is 0. The summed E-state index contributed by atoms with van der Waals surface area (Å²) in [5, 5.41) is 16.6. The Morgan fingerprint density at radius 1 is 1.07 bits per heavy atom. The molecule has 0 bridgehead atoms. The summed E-state index contributed by atoms with van der Waals surface area (Å²) in [5.41, 5.74) is 3.03. The molecule has 6 rings (SSSR count). The number of nitrogens with one attached hydrogen (secondary N) is 2. The number of aliphatic hydroxyl groups excluding tert-OH is 1. The van der Waals surface area contributed by atoms with E-state index in [1.54, 1.807) is 12.3 Å². The van der Waals surface area contributed by atoms with Gasteiger partial charge in [-0.05, 0) is 68.6 Å². The number of anilines is 1. The first kappa shape index (κ1) is 29.3. The van der Waals surface area contributed by atoms with Gasteiger partial charge < -0.3 is 15.7 Å². The van der Waals surface area contributed by atoms with Crippen molar-refractivity contribution in [1.82, 2.24) is 19.4 Å². The first-order chi connectivity index (χ1) is 19.6. The van der Waals surface area contributed by atoms with Gasteiger partial charge in [-0.25, -0.2) is 4.79 Å². The third-order valence-electron chi connectivity index (χ3n) is 7.02. The van der Waals surface area contributed by atoms with Crippen LogP contribution in [0.1, 0.15) is 29.7 Å². The first-order valence-corrected chi connectivity index (χ1v) is 14.5. The van der Waals surface area contributed by atoms with E-state index in [2.05, 4.69) is 15.6 Å². The highest BCUT2D eigenvalue weighted by Gasteiger charge is 2.38. The number of aromatic nitrogens is 3. The van der Waals surface area contributed by atoms with E-state index >= 15 is 0 Å². The van der Waals surface area contributed by atoms with Gasteiger partial charge in [0.2, 0.25) is 0 Å². The van der Waals surface area contributed by atoms with Crippen molar-refractivity contribution in [2.24, 2.45) is 0 Å². The van der Waals surface area contributed by atoms with Gasteiger partial charge in [-0.15, -0.1) is 11.3 Å². The van der Waals surface area contributed by atoms with Crippen LogP contribution >= 0.6 is 22.9 Å². The van der Waals surface area contributed by atoms with Gasteiger partial charge in [0, 0.05) is 51.7 Å². The van der Waals surface area contributed by atoms with Crippen LogP contribution in [0.15, 0.2) is 52.3 Å². The number of fused-ring (bicyclic) bond motifs is 2. The molecule has 3 N–H and O–H groups in total. The normalized spacial score (nSPS) is 15.6. The number of alkyl halides is 3. The molecule has 4 aromatic rings. The molecule has 2 aliphatic heterocycles. The number of hydrogen-bond acceptors (Lipinski definition) is 7. The zero-order chi connectivity index (χ0) is 29.1. The summed E-state index contributed by atoms with van der Waals surface area (Å²) in [4.78, 5) is 30.2. The summed E-state index contributed by atoms with van der Waals surface area (Å²) in [6.45, 7) is 2.19. The number of halogens is 4. The van der Waals surface area contributed by atoms with Crippen LogP contribution in [0.25, 0.3) is 21.3 Å². The van der Waals surface area contributed by atoms with Gasteiger partial charge in [0.05, 0.1) is 23.3 Å². The molecule has 13 heteroatoms. The molecule has 3 aromatic heterocycles. The summed E-state index contributed by atoms with van der Waals surface area (Å²) < 4.78 is 40.7. The summed E-state index contributed by atoms with van der Waals surface area (Å²) in [7, 11) is 0. The molecule has 1 saturated heterocycles. The Labute approximate surface area is 242 Å². The van der Waals surface area contributed by atoms with E-state index in [0.717, 1.165) is 63.3 Å². The Morgan fingerprint density at radius 2 is 1.85 bits per heavy atom. The number of benzene rings is 1. The smallest absolute Gasteiger partial charge is 0.384 e. The standard InChI is InChI=1S/C24H20ClF3N4O3S.C4H9N/c25-14-8-13-2-1-5-30-21(13)17(9-14)16-3-6-29-18-10-15(36-22(16)18)11-32-20(34)4-7-31(23(32)35)12-19(33)24(26,27)28;1-2-4-5-3-1/h3-4,6-10,19,30,33H,1-2,5,11-12H2;5H,1-4H2. The lowest BCUT2D eigenvalue weighted by Gasteiger charge is -2.22. The molecule has 218 valence electrons. The molecule has 5 heterocycles. The number of nitrogens with zero attached hydrogens (tertiary/aromatic N) is 3. The first-order valence-electron chi connectivity index (χ1n) is 13.3. The van der Waals surface area contributed by atoms with Crippen LogP contribution in [0, 0.1) is 0 Å². The molecule has 0 amide bonds. The van der Waals surface area contributed by atoms with E-state index in [1.807, 2.05) is 18.2 Å². The molecule has 1 fully saturated rings. The van der Waals surface area contributed by atoms with Crippen LogP contribution in [0.3, 0.4) is 0 Å². The number of aliphatic hydroxyl groups is 1. The average Bonchev–Trinajstić information content (AvgIpc) is 3.65. The van der Waals surface area contributed by atoms with Crippen molar-refractivity contribution in [3.05, 3.63) is 79.0 Å². The third-order valence-corrected chi connectivity index (χ3v) is 8.38. The van der Waals surface area contributed by atoms with E-state index in [0.29, 0.717) is 20.0 Å². The second-order valence-electron chi connectivity index (χ2n) is 9.99. The highest BCUT2D eigenvalue weighted by molar-refractivity contribution is 7.19. The van der Waals surface area contributed by atoms with Crippen molar-refractivity contribution in [3.63, 3.8) is 0 Å². The molecular formula is C28H29ClF3N5O3S. The maximum absolute atomic E-state index is 12.8. The summed E-state index contributed by atoms with van der Waals surface area (Å²) in [6, 6.07) is 8.48. The SMILES string of the molecule is C1CCNC1.O=c1ccn(CC(O)C(F)(F)F)c(=O)n1Cc1cc2nccc(-c3cc(Cl)cc4c3NCCC4)c2s1. The van der Waals surface area contributed by atoms with E-state index in [-0.39, 0.29) is 6.54 Å². The maximum Gasteiger partial charge on any atom is 0.416 e. The fourth-order valence-electron chi connectivity index (χ4n) is 4.96. The average molecular weight is 608 g/mol. The predicted molar refractivity (Wildman–Crippen MR) is 155 cm³/mol. The molecule has 41 heavy (non-hydrogen) atoms. The molecular weight excluding hydrogens is 579 g/mol. The van der Waals surface area contributed by atoms with Gasteiger partial charge in [-0.1, -0.05) is 11.6 Å². The van der Waals surface area contributed by atoms with Crippen LogP contribution < -0.4 is 21.9 Å². The Kier molecular flexibility index (Phi) is 8.83. The van der Waals surface area contributed by atoms with Crippen LogP contribution in [0.2, 0.25) is 5.02 Å². The topological polar surface area (TPSA) is 101 Å². The minimum atomic E-state index is -4.89. The Morgan fingerprint density at radius 3 is 2.56 bits per heavy atom. The van der Waals surface area contributed by atoms with Crippen molar-refractivity contribution in [1.29, 1.82) is 0 Å². The minimum Gasteiger partial charge on any atom is -0.384 e. The zero-order valence-corrected chi connectivity index (χ0v) is 23.6. The van der Waals surface area contributed by atoms with Crippen molar-refractivity contribution in [2.75, 3.05) is 25.0 Å². The van der Waals surface area contributed by atoms with Gasteiger partial charge in [-0.3, -0.25) is 18.9 Å². The molecule has 0 radical (unpaired) electrons. The van der Waals surface area contributed by atoms with Crippen LogP contribution in [0.4, 0.5) is 18.9 Å². The largest absolute Gasteiger partial charge is 0.416 e. The van der Waals surface area contributed by atoms with Crippen molar-refractivity contribution in [3.8, 4) is 11.1 Å². The summed E-state index contributed by atoms with van der Waals surface area (Å²) in [6.07, 6.45) is -0.297. The fourth-order valence-corrected chi connectivity index (χ4v) is 6.33. The maximum atomic E-state index is 12.8. The van der Waals surface area contributed by atoms with Crippen LogP contribution in [0.5, 0.6) is 0 Å². The van der Waals surface area contributed by atoms with Gasteiger partial charge >= 0.3 is 11.9 Å². The van der Waals surface area contributed by atoms with Crippen molar-refractivity contribution >= 4 is 38.8 Å². The number of hydrogen-bond donors (Lipinski definition) is 3. The Bertz CT molecular complexity index is 1660. The highest BCUT2D eigenvalue weighted by Crippen LogP contribution is 2.41. The number of rotatable bonds is 5. The fraction of sp³-hybridized carbons (Fsp3) is 0.393. The van der Waals surface area contributed by atoms with E-state index in [4.69, 9.17) is 11.6 Å². The molecule has 8 nitrogen and oxygen atoms in total. The van der Waals surface area contributed by atoms with Gasteiger partial charge in [0.1, 0.15) is 0 Å². The number of aryl methyl sites for hydroxylation is 1. The summed E-state index contributed by atoms with van der Waals surface area (Å²) >= 11 is 7.75. The lowest BCUT2D eigenvalue weighted by molar-refractivity contribution is -0.207. The lowest BCUT2D eigenvalue weighted by Crippen LogP contribution is -2.43. The monoisotopic (exact) mass is 607 g/mol. The van der Waals surface area contributed by atoms with Crippen molar-refractivity contribution < 1.29 is 18.3 Å². The zero-order valence-electron chi connectivity index (χ0n) is 22.0. The predicted octanol–water partition coefficient (Wildman–Crippen LogP) is 4.64. The quantitative estimate of drug-likeness (QED) is 0.306. The van der Waals surface area contributed by atoms with Crippen LogP contribution in [-0.2, 0) is 19.5 Å². The second-order valence-corrected chi connectivity index (χ2v) is 11.6. The molecule has 1 aromatic carbocycles. The van der Waals surface area contributed by atoms with E-state index in [9.17, 15) is 27.9 Å². The molecule has 2 aliphatic rings. The lowest BCUT2D eigenvalue weighted by atomic mass is 9.95. The molecule has 0 aliphatic carbocycles. The molecule has 1 atom stereocenters. The Hall–Kier alpha value is -3.19. The van der Waals surface area contributed by atoms with E-state index < -0.39 is 30.1 Å². The van der Waals surface area contributed by atoms with Gasteiger partial charge in [0.15, 0.2) is 6.10 Å². The Balaban J connectivity index is 0.000000610. The van der Waals surface area contributed by atoms with Gasteiger partial charge in [-0.2, -0.15) is 13.2 Å². The minimum absolute atomic E-state index is 0.146. The molecule has 0 saturated carbocycles. The highest BCUT2D eigenvalue weighted by atomic mass is 35.5. The van der Waals surface area contributed by atoms with Gasteiger partial charge in [0.25, 0.3) is 5.56 Å². The van der Waals surface area contributed by atoms with E-state index in [1.165, 1.54) is 37.3 Å². The molecule has 0 spiro atoms. The number of thiophene rings is 1. The molecule has 1 unspecified atom stereocenters. The van der Waals surface area contributed by atoms with Crippen LogP contribution in [-0.4, -0.2) is 51.1 Å².